The van der Waals surface area contributed by atoms with Gasteiger partial charge in [-0.3, -0.25) is 9.36 Å². The van der Waals surface area contributed by atoms with Crippen molar-refractivity contribution < 1.29 is 0 Å². The summed E-state index contributed by atoms with van der Waals surface area (Å²) in [4.78, 5) is 18.1. The zero-order chi connectivity index (χ0) is 23.8. The van der Waals surface area contributed by atoms with Gasteiger partial charge in [0, 0.05) is 11.1 Å². The lowest BCUT2D eigenvalue weighted by Crippen LogP contribution is -2.22. The second kappa shape index (κ2) is 9.50. The van der Waals surface area contributed by atoms with E-state index in [0.29, 0.717) is 33.5 Å². The Morgan fingerprint density at radius 3 is 2.06 bits per heavy atom. The van der Waals surface area contributed by atoms with Crippen LogP contribution in [0.1, 0.15) is 22.5 Å². The lowest BCUT2D eigenvalue weighted by atomic mass is 10.1. The van der Waals surface area contributed by atoms with Crippen molar-refractivity contribution in [2.75, 3.05) is 0 Å². The summed E-state index contributed by atoms with van der Waals surface area (Å²) in [5.74, 6) is 0.408. The average Bonchev–Trinajstić information content (AvgIpc) is 2.77. The number of fused-ring (bicyclic) bond motifs is 1. The molecule has 0 saturated heterocycles. The number of alkyl halides is 6. The van der Waals surface area contributed by atoms with Gasteiger partial charge in [-0.15, -0.1) is 0 Å². The molecule has 0 aliphatic carbocycles. The maximum Gasteiger partial charge on any atom is 0.266 e. The SMILES string of the molecule is O=c1c2ccccc2nc(/C=C/c2ccc(C(Cl)(Cl)Cl)cc2)n1-c1cccc(C(Cl)(Cl)Cl)c1. The van der Waals surface area contributed by atoms with Crippen LogP contribution in [-0.2, 0) is 7.59 Å². The lowest BCUT2D eigenvalue weighted by Gasteiger charge is -2.15. The summed E-state index contributed by atoms with van der Waals surface area (Å²) in [5, 5.41) is 0.473. The van der Waals surface area contributed by atoms with Crippen molar-refractivity contribution in [3.63, 3.8) is 0 Å². The van der Waals surface area contributed by atoms with Crippen molar-refractivity contribution in [1.82, 2.24) is 9.55 Å². The van der Waals surface area contributed by atoms with E-state index in [-0.39, 0.29) is 5.56 Å². The molecule has 3 aromatic carbocycles. The number of rotatable bonds is 3. The summed E-state index contributed by atoms with van der Waals surface area (Å²) < 4.78 is -1.66. The Bertz CT molecular complexity index is 1400. The Kier molecular flexibility index (Phi) is 7.02. The van der Waals surface area contributed by atoms with E-state index < -0.39 is 7.59 Å². The molecule has 1 heterocycles. The normalized spacial score (nSPS) is 12.5. The van der Waals surface area contributed by atoms with E-state index in [1.54, 1.807) is 72.8 Å². The van der Waals surface area contributed by atoms with Crippen LogP contribution in [0.2, 0.25) is 0 Å². The van der Waals surface area contributed by atoms with Gasteiger partial charge in [-0.1, -0.05) is 124 Å². The molecule has 0 aliphatic rings. The molecule has 0 saturated carbocycles. The fourth-order valence-corrected chi connectivity index (χ4v) is 4.02. The van der Waals surface area contributed by atoms with Crippen molar-refractivity contribution in [3.8, 4) is 5.69 Å². The van der Waals surface area contributed by atoms with Gasteiger partial charge in [0.15, 0.2) is 0 Å². The van der Waals surface area contributed by atoms with Gasteiger partial charge in [0.1, 0.15) is 5.82 Å². The monoisotopic (exact) mass is 556 g/mol. The topological polar surface area (TPSA) is 34.9 Å². The minimum Gasteiger partial charge on any atom is -0.268 e. The second-order valence-electron chi connectivity index (χ2n) is 7.13. The van der Waals surface area contributed by atoms with Gasteiger partial charge < -0.3 is 0 Å². The first kappa shape index (κ1) is 24.4. The molecule has 0 N–H and O–H groups in total. The highest BCUT2D eigenvalue weighted by Crippen LogP contribution is 2.39. The van der Waals surface area contributed by atoms with Crippen LogP contribution < -0.4 is 5.56 Å². The Hall–Kier alpha value is -1.72. The maximum atomic E-state index is 13.4. The molecule has 0 spiro atoms. The number of nitrogens with zero attached hydrogens (tertiary/aromatic N) is 2. The van der Waals surface area contributed by atoms with Crippen LogP contribution in [0.3, 0.4) is 0 Å². The van der Waals surface area contributed by atoms with E-state index in [1.165, 1.54) is 4.57 Å². The molecule has 9 heteroatoms. The van der Waals surface area contributed by atoms with Crippen molar-refractivity contribution in [3.05, 3.63) is 106 Å². The molecule has 0 aliphatic heterocycles. The largest absolute Gasteiger partial charge is 0.268 e. The average molecular weight is 559 g/mol. The van der Waals surface area contributed by atoms with Crippen molar-refractivity contribution in [2.24, 2.45) is 0 Å². The Labute approximate surface area is 220 Å². The summed E-state index contributed by atoms with van der Waals surface area (Å²) in [6, 6.07) is 21.0. The zero-order valence-electron chi connectivity index (χ0n) is 16.7. The number of hydrogen-bond donors (Lipinski definition) is 0. The summed E-state index contributed by atoms with van der Waals surface area (Å²) in [5.41, 5.74) is 2.66. The molecule has 3 nitrogen and oxygen atoms in total. The molecule has 168 valence electrons. The molecule has 0 bridgehead atoms. The van der Waals surface area contributed by atoms with Crippen LogP contribution >= 0.6 is 69.6 Å². The zero-order valence-corrected chi connectivity index (χ0v) is 21.2. The first-order chi connectivity index (χ1) is 15.5. The minimum atomic E-state index is -1.63. The van der Waals surface area contributed by atoms with Crippen LogP contribution in [0.4, 0.5) is 0 Å². The molecule has 0 amide bonds. The van der Waals surface area contributed by atoms with Gasteiger partial charge in [-0.05, 0) is 35.9 Å². The summed E-state index contributed by atoms with van der Waals surface area (Å²) >= 11 is 36.0. The Morgan fingerprint density at radius 2 is 1.39 bits per heavy atom. The summed E-state index contributed by atoms with van der Waals surface area (Å²) in [6.45, 7) is 0. The fourth-order valence-electron chi connectivity index (χ4n) is 3.29. The Balaban J connectivity index is 1.86. The van der Waals surface area contributed by atoms with Crippen LogP contribution in [0.25, 0.3) is 28.7 Å². The van der Waals surface area contributed by atoms with E-state index in [2.05, 4.69) is 4.98 Å². The third kappa shape index (κ3) is 5.51. The third-order valence-corrected chi connectivity index (χ3v) is 6.21. The standard InChI is InChI=1S/C24H14Cl6N2O/c25-23(26,27)16-11-8-15(9-12-16)10-13-21-31-20-7-2-1-6-19(20)22(33)32(21)18-5-3-4-17(14-18)24(28,29)30/h1-14H/b13-10+. The maximum absolute atomic E-state index is 13.4. The van der Waals surface area contributed by atoms with Gasteiger partial charge in [0.2, 0.25) is 7.59 Å². The van der Waals surface area contributed by atoms with E-state index in [9.17, 15) is 4.79 Å². The van der Waals surface area contributed by atoms with Gasteiger partial charge >= 0.3 is 0 Å². The number of para-hydroxylation sites is 1. The molecule has 0 radical (unpaired) electrons. The second-order valence-corrected chi connectivity index (χ2v) is 11.7. The van der Waals surface area contributed by atoms with Crippen LogP contribution in [-0.4, -0.2) is 9.55 Å². The molecule has 4 rings (SSSR count). The molecule has 0 atom stereocenters. The first-order valence-electron chi connectivity index (χ1n) is 9.59. The molecule has 4 aromatic rings. The van der Waals surface area contributed by atoms with E-state index >= 15 is 0 Å². The summed E-state index contributed by atoms with van der Waals surface area (Å²) in [6.07, 6.45) is 3.55. The molecular weight excluding hydrogens is 545 g/mol. The molecule has 33 heavy (non-hydrogen) atoms. The van der Waals surface area contributed by atoms with E-state index in [4.69, 9.17) is 69.6 Å². The molecule has 0 unspecified atom stereocenters. The van der Waals surface area contributed by atoms with Crippen molar-refractivity contribution in [2.45, 2.75) is 7.59 Å². The quantitative estimate of drug-likeness (QED) is 0.237. The van der Waals surface area contributed by atoms with Crippen LogP contribution in [0.15, 0.2) is 77.6 Å². The highest BCUT2D eigenvalue weighted by atomic mass is 35.6. The molecule has 1 aromatic heterocycles. The predicted octanol–water partition coefficient (Wildman–Crippen LogP) is 8.21. The number of benzene rings is 3. The van der Waals surface area contributed by atoms with Gasteiger partial charge in [-0.25, -0.2) is 4.98 Å². The third-order valence-electron chi connectivity index (χ3n) is 4.90. The predicted molar refractivity (Wildman–Crippen MR) is 141 cm³/mol. The Morgan fingerprint density at radius 1 is 0.727 bits per heavy atom. The summed E-state index contributed by atoms with van der Waals surface area (Å²) in [7, 11) is 0. The van der Waals surface area contributed by atoms with Gasteiger partial charge in [-0.2, -0.15) is 0 Å². The highest BCUT2D eigenvalue weighted by molar-refractivity contribution is 6.67. The van der Waals surface area contributed by atoms with Crippen LogP contribution in [0.5, 0.6) is 0 Å². The van der Waals surface area contributed by atoms with Crippen molar-refractivity contribution >= 4 is 92.7 Å². The van der Waals surface area contributed by atoms with Crippen LogP contribution in [0, 0.1) is 0 Å². The van der Waals surface area contributed by atoms with Gasteiger partial charge in [0.05, 0.1) is 16.6 Å². The number of halogens is 6. The van der Waals surface area contributed by atoms with Crippen molar-refractivity contribution in [1.29, 1.82) is 0 Å². The molecular formula is C24H14Cl6N2O. The first-order valence-corrected chi connectivity index (χ1v) is 11.9. The van der Waals surface area contributed by atoms with E-state index in [1.807, 2.05) is 12.1 Å². The van der Waals surface area contributed by atoms with Gasteiger partial charge in [0.25, 0.3) is 5.56 Å². The highest BCUT2D eigenvalue weighted by Gasteiger charge is 2.24. The minimum absolute atomic E-state index is 0.242. The number of aromatic nitrogens is 2. The number of hydrogen-bond acceptors (Lipinski definition) is 2. The smallest absolute Gasteiger partial charge is 0.266 e. The lowest BCUT2D eigenvalue weighted by molar-refractivity contribution is 0.940. The molecule has 0 fully saturated rings. The fraction of sp³-hybridized carbons (Fsp3) is 0.0833. The van der Waals surface area contributed by atoms with E-state index in [0.717, 1.165) is 5.56 Å².